The average molecular weight is 523 g/mol. The number of aryl methyl sites for hydroxylation is 1. The van der Waals surface area contributed by atoms with E-state index in [2.05, 4.69) is 38.2 Å². The Balaban J connectivity index is 1.85. The Morgan fingerprint density at radius 1 is 0.944 bits per heavy atom. The number of benzene rings is 3. The van der Waals surface area contributed by atoms with E-state index in [1.165, 1.54) is 11.1 Å². The molecule has 0 aliphatic carbocycles. The first-order valence-electron chi connectivity index (χ1n) is 12.3. The summed E-state index contributed by atoms with van der Waals surface area (Å²) in [5.74, 6) is 1.15. The van der Waals surface area contributed by atoms with Gasteiger partial charge in [-0.3, -0.25) is 9.59 Å². The van der Waals surface area contributed by atoms with Crippen LogP contribution in [0.25, 0.3) is 0 Å². The third kappa shape index (κ3) is 8.72. The van der Waals surface area contributed by atoms with Gasteiger partial charge in [-0.25, -0.2) is 0 Å². The first kappa shape index (κ1) is 27.8. The van der Waals surface area contributed by atoms with Gasteiger partial charge >= 0.3 is 0 Å². The van der Waals surface area contributed by atoms with E-state index in [1.807, 2.05) is 66.7 Å². The summed E-state index contributed by atoms with van der Waals surface area (Å²) in [6.07, 6.45) is 0.444. The van der Waals surface area contributed by atoms with E-state index >= 15 is 0 Å². The van der Waals surface area contributed by atoms with Crippen LogP contribution >= 0.6 is 23.4 Å². The Bertz CT molecular complexity index is 1140. The number of nitrogens with one attached hydrogen (secondary N) is 1. The van der Waals surface area contributed by atoms with E-state index in [-0.39, 0.29) is 17.6 Å². The molecule has 0 heterocycles. The third-order valence-corrected chi connectivity index (χ3v) is 7.14. The standard InChI is InChI=1S/C30H35ClN2O2S/c1-22(2)18-32-30(35)28(17-24-11-5-4-6-12-24)33(19-25-13-9-15-27(31)16-25)29(34)21-36-20-26-14-8-7-10-23(26)3/h4-16,22,28H,17-21H2,1-3H3,(H,32,35)/t28-/m1/s1. The minimum atomic E-state index is -0.628. The van der Waals surface area contributed by atoms with Crippen LogP contribution in [0.3, 0.4) is 0 Å². The van der Waals surface area contributed by atoms with Crippen molar-refractivity contribution in [3.8, 4) is 0 Å². The van der Waals surface area contributed by atoms with Gasteiger partial charge in [0, 0.05) is 30.3 Å². The van der Waals surface area contributed by atoms with Crippen molar-refractivity contribution in [3.05, 3.63) is 106 Å². The van der Waals surface area contributed by atoms with Gasteiger partial charge in [-0.1, -0.05) is 92.2 Å². The van der Waals surface area contributed by atoms with Crippen LogP contribution in [0.15, 0.2) is 78.9 Å². The van der Waals surface area contributed by atoms with Gasteiger partial charge in [0.15, 0.2) is 0 Å². The molecule has 190 valence electrons. The summed E-state index contributed by atoms with van der Waals surface area (Å²) in [7, 11) is 0. The number of halogens is 1. The molecule has 3 aromatic rings. The van der Waals surface area contributed by atoms with Crippen molar-refractivity contribution in [2.45, 2.75) is 45.5 Å². The number of carbonyl (C=O) groups excluding carboxylic acids is 2. The smallest absolute Gasteiger partial charge is 0.243 e. The predicted octanol–water partition coefficient (Wildman–Crippen LogP) is 6.29. The Morgan fingerprint density at radius 2 is 1.64 bits per heavy atom. The SMILES string of the molecule is Cc1ccccc1CSCC(=O)N(Cc1cccc(Cl)c1)[C@H](Cc1ccccc1)C(=O)NCC(C)C. The summed E-state index contributed by atoms with van der Waals surface area (Å²) in [4.78, 5) is 28.9. The molecule has 0 radical (unpaired) electrons. The second kappa shape index (κ2) is 14.1. The van der Waals surface area contributed by atoms with Crippen molar-refractivity contribution >= 4 is 35.2 Å². The third-order valence-electron chi connectivity index (χ3n) is 5.94. The summed E-state index contributed by atoms with van der Waals surface area (Å²) in [5.41, 5.74) is 4.34. The fourth-order valence-corrected chi connectivity index (χ4v) is 5.11. The van der Waals surface area contributed by atoms with E-state index in [0.29, 0.717) is 30.5 Å². The molecule has 0 saturated carbocycles. The first-order valence-corrected chi connectivity index (χ1v) is 13.8. The molecule has 36 heavy (non-hydrogen) atoms. The fourth-order valence-electron chi connectivity index (χ4n) is 3.91. The topological polar surface area (TPSA) is 49.4 Å². The first-order chi connectivity index (χ1) is 17.3. The molecule has 6 heteroatoms. The lowest BCUT2D eigenvalue weighted by Gasteiger charge is -2.32. The van der Waals surface area contributed by atoms with Gasteiger partial charge in [-0.05, 0) is 47.2 Å². The molecule has 2 amide bonds. The molecule has 0 spiro atoms. The number of amides is 2. The zero-order chi connectivity index (χ0) is 25.9. The quantitative estimate of drug-likeness (QED) is 0.304. The van der Waals surface area contributed by atoms with E-state index in [4.69, 9.17) is 11.6 Å². The molecule has 0 aromatic heterocycles. The summed E-state index contributed by atoms with van der Waals surface area (Å²) in [6, 6.07) is 24.9. The minimum absolute atomic E-state index is 0.0609. The lowest BCUT2D eigenvalue weighted by atomic mass is 10.0. The summed E-state index contributed by atoms with van der Waals surface area (Å²) >= 11 is 7.82. The van der Waals surface area contributed by atoms with Crippen molar-refractivity contribution in [1.29, 1.82) is 0 Å². The highest BCUT2D eigenvalue weighted by atomic mass is 35.5. The van der Waals surface area contributed by atoms with Crippen LogP contribution in [0.1, 0.15) is 36.1 Å². The maximum atomic E-state index is 13.7. The molecule has 1 atom stereocenters. The molecule has 0 bridgehead atoms. The van der Waals surface area contributed by atoms with Crippen LogP contribution < -0.4 is 5.32 Å². The Kier molecular flexibility index (Phi) is 10.9. The van der Waals surface area contributed by atoms with Crippen molar-refractivity contribution < 1.29 is 9.59 Å². The van der Waals surface area contributed by atoms with E-state index in [9.17, 15) is 9.59 Å². The number of hydrogen-bond acceptors (Lipinski definition) is 3. The van der Waals surface area contributed by atoms with Crippen LogP contribution in [0.4, 0.5) is 0 Å². The Hall–Kier alpha value is -2.76. The average Bonchev–Trinajstić information content (AvgIpc) is 2.86. The van der Waals surface area contributed by atoms with Crippen molar-refractivity contribution in [3.63, 3.8) is 0 Å². The van der Waals surface area contributed by atoms with E-state index < -0.39 is 6.04 Å². The molecular weight excluding hydrogens is 488 g/mol. The zero-order valence-electron chi connectivity index (χ0n) is 21.2. The van der Waals surface area contributed by atoms with Gasteiger partial charge in [0.25, 0.3) is 0 Å². The molecule has 1 N–H and O–H groups in total. The van der Waals surface area contributed by atoms with Crippen LogP contribution in [0.2, 0.25) is 5.02 Å². The lowest BCUT2D eigenvalue weighted by Crippen LogP contribution is -2.51. The highest BCUT2D eigenvalue weighted by Crippen LogP contribution is 2.21. The van der Waals surface area contributed by atoms with Gasteiger partial charge in [0.2, 0.25) is 11.8 Å². The number of carbonyl (C=O) groups is 2. The predicted molar refractivity (Wildman–Crippen MR) is 151 cm³/mol. The number of nitrogens with zero attached hydrogens (tertiary/aromatic N) is 1. The normalized spacial score (nSPS) is 11.8. The molecule has 3 rings (SSSR count). The second-order valence-corrected chi connectivity index (χ2v) is 10.8. The van der Waals surface area contributed by atoms with Crippen molar-refractivity contribution in [1.82, 2.24) is 10.2 Å². The van der Waals surface area contributed by atoms with Crippen LogP contribution in [0.5, 0.6) is 0 Å². The van der Waals surface area contributed by atoms with Crippen LogP contribution in [-0.4, -0.2) is 35.1 Å². The van der Waals surface area contributed by atoms with E-state index in [0.717, 1.165) is 16.9 Å². The van der Waals surface area contributed by atoms with Crippen molar-refractivity contribution in [2.75, 3.05) is 12.3 Å². The van der Waals surface area contributed by atoms with Gasteiger partial charge in [0.1, 0.15) is 6.04 Å². The molecule has 0 unspecified atom stereocenters. The monoisotopic (exact) mass is 522 g/mol. The molecule has 0 aliphatic rings. The maximum absolute atomic E-state index is 13.7. The summed E-state index contributed by atoms with van der Waals surface area (Å²) in [5, 5.41) is 3.67. The molecule has 3 aromatic carbocycles. The number of hydrogen-bond donors (Lipinski definition) is 1. The van der Waals surface area contributed by atoms with Crippen LogP contribution in [-0.2, 0) is 28.3 Å². The lowest BCUT2D eigenvalue weighted by molar-refractivity contribution is -0.139. The van der Waals surface area contributed by atoms with Crippen LogP contribution in [0, 0.1) is 12.8 Å². The number of thioether (sulfide) groups is 1. The summed E-state index contributed by atoms with van der Waals surface area (Å²) in [6.45, 7) is 7.08. The summed E-state index contributed by atoms with van der Waals surface area (Å²) < 4.78 is 0. The minimum Gasteiger partial charge on any atom is -0.354 e. The zero-order valence-corrected chi connectivity index (χ0v) is 22.8. The Morgan fingerprint density at radius 3 is 2.33 bits per heavy atom. The molecular formula is C30H35ClN2O2S. The van der Waals surface area contributed by atoms with Gasteiger partial charge in [-0.15, -0.1) is 11.8 Å². The number of rotatable bonds is 12. The van der Waals surface area contributed by atoms with Crippen molar-refractivity contribution in [2.24, 2.45) is 5.92 Å². The highest BCUT2D eigenvalue weighted by molar-refractivity contribution is 7.99. The molecule has 0 aliphatic heterocycles. The van der Waals surface area contributed by atoms with Gasteiger partial charge in [0.05, 0.1) is 5.75 Å². The Labute approximate surface area is 224 Å². The maximum Gasteiger partial charge on any atom is 0.243 e. The van der Waals surface area contributed by atoms with Gasteiger partial charge < -0.3 is 10.2 Å². The molecule has 0 saturated heterocycles. The van der Waals surface area contributed by atoms with E-state index in [1.54, 1.807) is 16.7 Å². The van der Waals surface area contributed by atoms with Gasteiger partial charge in [-0.2, -0.15) is 0 Å². The molecule has 4 nitrogen and oxygen atoms in total. The fraction of sp³-hybridized carbons (Fsp3) is 0.333. The largest absolute Gasteiger partial charge is 0.354 e. The highest BCUT2D eigenvalue weighted by Gasteiger charge is 2.30. The molecule has 0 fully saturated rings. The second-order valence-electron chi connectivity index (χ2n) is 9.42.